The number of nitrogens with zero attached hydrogens (tertiary/aromatic N) is 2. The van der Waals surface area contributed by atoms with Crippen LogP contribution in [0, 0.1) is 17.6 Å². The molecule has 134 valence electrons. The minimum Gasteiger partial charge on any atom is -0.356 e. The van der Waals surface area contributed by atoms with E-state index in [0.29, 0.717) is 12.1 Å². The first-order valence-electron chi connectivity index (χ1n) is 8.30. The lowest BCUT2D eigenvalue weighted by Gasteiger charge is -2.20. The Balaban J connectivity index is 1.38. The Kier molecular flexibility index (Phi) is 4.24. The minimum atomic E-state index is -0.727. The lowest BCUT2D eigenvalue weighted by molar-refractivity contribution is -0.125. The third kappa shape index (κ3) is 3.22. The average molecular weight is 358 g/mol. The molecule has 0 saturated carbocycles. The molecule has 3 aromatic rings. The predicted molar refractivity (Wildman–Crippen MR) is 87.8 cm³/mol. The number of carbonyl (C=O) groups is 1. The van der Waals surface area contributed by atoms with Gasteiger partial charge in [0.05, 0.1) is 18.3 Å². The van der Waals surface area contributed by atoms with Gasteiger partial charge in [0, 0.05) is 30.2 Å². The molecule has 1 unspecified atom stereocenters. The largest absolute Gasteiger partial charge is 0.356 e. The van der Waals surface area contributed by atoms with Crippen molar-refractivity contribution in [3.8, 4) is 11.3 Å². The lowest BCUT2D eigenvalue weighted by atomic mass is 9.87. The number of aromatic nitrogens is 3. The maximum Gasteiger partial charge on any atom is 0.223 e. The van der Waals surface area contributed by atoms with E-state index in [4.69, 9.17) is 4.52 Å². The zero-order valence-corrected chi connectivity index (χ0v) is 13.8. The van der Waals surface area contributed by atoms with Gasteiger partial charge in [-0.2, -0.15) is 5.10 Å². The number of aromatic amines is 1. The summed E-state index contributed by atoms with van der Waals surface area (Å²) in [4.78, 5) is 12.4. The first kappa shape index (κ1) is 16.4. The van der Waals surface area contributed by atoms with Crippen LogP contribution in [-0.4, -0.2) is 21.3 Å². The monoisotopic (exact) mass is 358 g/mol. The molecule has 0 fully saturated rings. The van der Waals surface area contributed by atoms with Crippen LogP contribution >= 0.6 is 0 Å². The number of benzene rings is 1. The van der Waals surface area contributed by atoms with E-state index in [0.717, 1.165) is 36.2 Å². The van der Waals surface area contributed by atoms with Gasteiger partial charge in [-0.05, 0) is 30.5 Å². The van der Waals surface area contributed by atoms with E-state index >= 15 is 0 Å². The van der Waals surface area contributed by atoms with E-state index in [9.17, 15) is 13.6 Å². The summed E-state index contributed by atoms with van der Waals surface area (Å²) in [6.07, 6.45) is 4.02. The van der Waals surface area contributed by atoms with Crippen molar-refractivity contribution < 1.29 is 18.1 Å². The fraction of sp³-hybridized carbons (Fsp3) is 0.278. The summed E-state index contributed by atoms with van der Waals surface area (Å²) in [6.45, 7) is 0.178. The number of halogens is 2. The number of amides is 1. The van der Waals surface area contributed by atoms with Crippen LogP contribution in [0.2, 0.25) is 0 Å². The van der Waals surface area contributed by atoms with Gasteiger partial charge in [-0.3, -0.25) is 9.89 Å². The first-order valence-corrected chi connectivity index (χ1v) is 8.30. The first-order chi connectivity index (χ1) is 12.6. The second-order valence-electron chi connectivity index (χ2n) is 6.34. The Morgan fingerprint density at radius 1 is 1.35 bits per heavy atom. The highest BCUT2D eigenvalue weighted by Crippen LogP contribution is 2.25. The summed E-state index contributed by atoms with van der Waals surface area (Å²) in [5, 5.41) is 13.6. The van der Waals surface area contributed by atoms with E-state index in [1.807, 2.05) is 0 Å². The van der Waals surface area contributed by atoms with Crippen molar-refractivity contribution in [3.63, 3.8) is 0 Å². The van der Waals surface area contributed by atoms with Gasteiger partial charge in [0.2, 0.25) is 5.91 Å². The van der Waals surface area contributed by atoms with E-state index in [-0.39, 0.29) is 29.7 Å². The molecular formula is C18H16F2N4O2. The molecule has 2 N–H and O–H groups in total. The van der Waals surface area contributed by atoms with Crippen LogP contribution in [0.4, 0.5) is 8.78 Å². The van der Waals surface area contributed by atoms with E-state index < -0.39 is 11.6 Å². The third-order valence-electron chi connectivity index (χ3n) is 4.59. The average Bonchev–Trinajstić information content (AvgIpc) is 3.28. The molecule has 0 aliphatic heterocycles. The van der Waals surface area contributed by atoms with Crippen molar-refractivity contribution in [1.29, 1.82) is 0 Å². The summed E-state index contributed by atoms with van der Waals surface area (Å²) >= 11 is 0. The third-order valence-corrected chi connectivity index (χ3v) is 4.59. The van der Waals surface area contributed by atoms with Crippen LogP contribution < -0.4 is 5.32 Å². The quantitative estimate of drug-likeness (QED) is 0.751. The van der Waals surface area contributed by atoms with Gasteiger partial charge >= 0.3 is 0 Å². The number of rotatable bonds is 4. The molecule has 4 rings (SSSR count). The Morgan fingerprint density at radius 3 is 3.08 bits per heavy atom. The van der Waals surface area contributed by atoms with Crippen LogP contribution in [-0.2, 0) is 24.2 Å². The summed E-state index contributed by atoms with van der Waals surface area (Å²) in [6, 6.07) is 4.75. The lowest BCUT2D eigenvalue weighted by Crippen LogP contribution is -2.33. The maximum atomic E-state index is 13.8. The molecule has 6 nitrogen and oxygen atoms in total. The molecule has 8 heteroatoms. The topological polar surface area (TPSA) is 83.8 Å². The SMILES string of the molecule is O=C(NCc1cc(-c2ccc(F)cc2F)on1)C1CCc2cn[nH]c2C1. The zero-order chi connectivity index (χ0) is 18.1. The maximum absolute atomic E-state index is 13.8. The van der Waals surface area contributed by atoms with Crippen molar-refractivity contribution in [1.82, 2.24) is 20.7 Å². The molecule has 1 aromatic carbocycles. The van der Waals surface area contributed by atoms with Gasteiger partial charge in [0.25, 0.3) is 0 Å². The minimum absolute atomic E-state index is 0.0669. The molecule has 1 aliphatic rings. The molecule has 2 aromatic heterocycles. The van der Waals surface area contributed by atoms with Gasteiger partial charge in [-0.1, -0.05) is 5.16 Å². The van der Waals surface area contributed by atoms with Crippen molar-refractivity contribution in [2.45, 2.75) is 25.8 Å². The normalized spacial score (nSPS) is 16.3. The number of H-pyrrole nitrogens is 1. The highest BCUT2D eigenvalue weighted by molar-refractivity contribution is 5.79. The smallest absolute Gasteiger partial charge is 0.223 e. The Morgan fingerprint density at radius 2 is 2.23 bits per heavy atom. The number of fused-ring (bicyclic) bond motifs is 1. The zero-order valence-electron chi connectivity index (χ0n) is 13.8. The fourth-order valence-electron chi connectivity index (χ4n) is 3.17. The molecule has 0 spiro atoms. The summed E-state index contributed by atoms with van der Waals surface area (Å²) < 4.78 is 31.9. The molecule has 0 saturated heterocycles. The number of hydrogen-bond acceptors (Lipinski definition) is 4. The molecule has 1 aliphatic carbocycles. The molecule has 2 heterocycles. The Hall–Kier alpha value is -3.03. The van der Waals surface area contributed by atoms with Gasteiger partial charge < -0.3 is 9.84 Å². The summed E-state index contributed by atoms with van der Waals surface area (Å²) in [5.41, 5.74) is 2.76. The molecule has 0 bridgehead atoms. The van der Waals surface area contributed by atoms with Crippen molar-refractivity contribution in [3.05, 3.63) is 59.0 Å². The highest BCUT2D eigenvalue weighted by atomic mass is 19.1. The Bertz CT molecular complexity index is 950. The number of aryl methyl sites for hydroxylation is 1. The van der Waals surface area contributed by atoms with Crippen molar-refractivity contribution in [2.75, 3.05) is 0 Å². The van der Waals surface area contributed by atoms with E-state index in [1.54, 1.807) is 6.20 Å². The van der Waals surface area contributed by atoms with Crippen LogP contribution in [0.25, 0.3) is 11.3 Å². The highest BCUT2D eigenvalue weighted by Gasteiger charge is 2.25. The van der Waals surface area contributed by atoms with Gasteiger partial charge in [0.15, 0.2) is 5.76 Å². The predicted octanol–water partition coefficient (Wildman–Crippen LogP) is 2.76. The molecule has 1 amide bonds. The molecular weight excluding hydrogens is 342 g/mol. The van der Waals surface area contributed by atoms with Gasteiger partial charge in [-0.15, -0.1) is 0 Å². The molecule has 26 heavy (non-hydrogen) atoms. The molecule has 1 atom stereocenters. The number of hydrogen-bond donors (Lipinski definition) is 2. The second-order valence-corrected chi connectivity index (χ2v) is 6.34. The summed E-state index contributed by atoms with van der Waals surface area (Å²) in [7, 11) is 0. The standard InChI is InChI=1S/C18H16F2N4O2/c19-12-3-4-14(15(20)6-12)17-7-13(24-26-17)9-21-18(25)10-1-2-11-8-22-23-16(11)5-10/h3-4,6-8,10H,1-2,5,9H2,(H,21,25)(H,22,23). The number of carbonyl (C=O) groups excluding carboxylic acids is 1. The van der Waals surface area contributed by atoms with Crippen LogP contribution in [0.5, 0.6) is 0 Å². The summed E-state index contributed by atoms with van der Waals surface area (Å²) in [5.74, 6) is -1.39. The van der Waals surface area contributed by atoms with Crippen LogP contribution in [0.3, 0.4) is 0 Å². The fourth-order valence-corrected chi connectivity index (χ4v) is 3.17. The van der Waals surface area contributed by atoms with Crippen LogP contribution in [0.15, 0.2) is 35.0 Å². The van der Waals surface area contributed by atoms with E-state index in [2.05, 4.69) is 20.7 Å². The van der Waals surface area contributed by atoms with Crippen molar-refractivity contribution >= 4 is 5.91 Å². The van der Waals surface area contributed by atoms with Gasteiger partial charge in [0.1, 0.15) is 17.3 Å². The van der Waals surface area contributed by atoms with Crippen molar-refractivity contribution in [2.24, 2.45) is 5.92 Å². The Labute approximate surface area is 147 Å². The number of nitrogens with one attached hydrogen (secondary N) is 2. The second kappa shape index (κ2) is 6.70. The molecule has 0 radical (unpaired) electrons. The van der Waals surface area contributed by atoms with Crippen LogP contribution in [0.1, 0.15) is 23.4 Å². The van der Waals surface area contributed by atoms with E-state index in [1.165, 1.54) is 12.1 Å². The van der Waals surface area contributed by atoms with Gasteiger partial charge in [-0.25, -0.2) is 8.78 Å².